The Balaban J connectivity index is 1.86. The molecule has 1 aliphatic carbocycles. The van der Waals surface area contributed by atoms with E-state index < -0.39 is 5.41 Å². The van der Waals surface area contributed by atoms with Crippen LogP contribution < -0.4 is 4.74 Å². The molecule has 1 saturated heterocycles. The number of nitrogens with zero attached hydrogens (tertiary/aromatic N) is 1. The Labute approximate surface area is 149 Å². The SMILES string of the molecule is COC(=O)N1CC(c2ccc(C)c(OC3CCCC3)c2)[C@](C)(C=O)C1. The monoisotopic (exact) mass is 345 g/mol. The maximum absolute atomic E-state index is 11.9. The van der Waals surface area contributed by atoms with E-state index >= 15 is 0 Å². The van der Waals surface area contributed by atoms with Crippen LogP contribution in [0.25, 0.3) is 0 Å². The Morgan fingerprint density at radius 2 is 2.04 bits per heavy atom. The Morgan fingerprint density at radius 1 is 1.32 bits per heavy atom. The van der Waals surface area contributed by atoms with Crippen molar-refractivity contribution in [3.8, 4) is 5.75 Å². The topological polar surface area (TPSA) is 55.8 Å². The van der Waals surface area contributed by atoms with Crippen LogP contribution in [0.2, 0.25) is 0 Å². The lowest BCUT2D eigenvalue weighted by Gasteiger charge is -2.25. The average molecular weight is 345 g/mol. The quantitative estimate of drug-likeness (QED) is 0.781. The lowest BCUT2D eigenvalue weighted by atomic mass is 9.77. The second kappa shape index (κ2) is 7.06. The normalized spacial score (nSPS) is 26.7. The lowest BCUT2D eigenvalue weighted by Crippen LogP contribution is -2.31. The van der Waals surface area contributed by atoms with Crippen LogP contribution in [0.5, 0.6) is 5.75 Å². The summed E-state index contributed by atoms with van der Waals surface area (Å²) in [7, 11) is 1.37. The van der Waals surface area contributed by atoms with Crippen LogP contribution in [0, 0.1) is 12.3 Å². The summed E-state index contributed by atoms with van der Waals surface area (Å²) in [6.45, 7) is 4.81. The molecule has 3 rings (SSSR count). The zero-order chi connectivity index (χ0) is 18.0. The molecule has 5 heteroatoms. The molecule has 1 heterocycles. The van der Waals surface area contributed by atoms with E-state index in [9.17, 15) is 9.59 Å². The van der Waals surface area contributed by atoms with Crippen molar-refractivity contribution in [1.29, 1.82) is 0 Å². The highest BCUT2D eigenvalue weighted by Crippen LogP contribution is 2.43. The number of methoxy groups -OCH3 is 1. The minimum Gasteiger partial charge on any atom is -0.490 e. The second-order valence-electron chi connectivity index (χ2n) is 7.58. The third kappa shape index (κ3) is 3.51. The predicted octanol–water partition coefficient (Wildman–Crippen LogP) is 3.69. The standard InChI is InChI=1S/C20H27NO4/c1-14-8-9-15(10-18(14)25-16-6-4-5-7-16)17-11-21(19(23)24-3)12-20(17,2)13-22/h8-10,13,16-17H,4-7,11-12H2,1-3H3/t17?,20-/m0/s1. The minimum atomic E-state index is -0.617. The molecule has 2 aliphatic rings. The summed E-state index contributed by atoms with van der Waals surface area (Å²) in [5.74, 6) is 0.838. The molecule has 0 aromatic heterocycles. The molecular weight excluding hydrogens is 318 g/mol. The molecule has 2 atom stereocenters. The molecule has 0 radical (unpaired) electrons. The van der Waals surface area contributed by atoms with Gasteiger partial charge >= 0.3 is 6.09 Å². The van der Waals surface area contributed by atoms with Gasteiger partial charge in [0.1, 0.15) is 12.0 Å². The summed E-state index contributed by atoms with van der Waals surface area (Å²) in [5, 5.41) is 0. The fraction of sp³-hybridized carbons (Fsp3) is 0.600. The van der Waals surface area contributed by atoms with E-state index in [0.717, 1.165) is 36.0 Å². The highest BCUT2D eigenvalue weighted by atomic mass is 16.5. The number of aldehydes is 1. The van der Waals surface area contributed by atoms with E-state index in [1.54, 1.807) is 4.90 Å². The molecule has 5 nitrogen and oxygen atoms in total. The van der Waals surface area contributed by atoms with Gasteiger partial charge in [-0.15, -0.1) is 0 Å². The molecule has 1 aromatic carbocycles. The number of benzene rings is 1. The maximum Gasteiger partial charge on any atom is 0.409 e. The van der Waals surface area contributed by atoms with Crippen LogP contribution in [-0.4, -0.2) is 43.6 Å². The van der Waals surface area contributed by atoms with Crippen LogP contribution in [-0.2, 0) is 9.53 Å². The lowest BCUT2D eigenvalue weighted by molar-refractivity contribution is -0.115. The fourth-order valence-electron chi connectivity index (χ4n) is 4.03. The number of carbonyl (C=O) groups is 2. The number of carbonyl (C=O) groups excluding carboxylic acids is 2. The molecule has 0 N–H and O–H groups in total. The van der Waals surface area contributed by atoms with E-state index in [1.165, 1.54) is 20.0 Å². The molecule has 0 spiro atoms. The predicted molar refractivity (Wildman–Crippen MR) is 95.0 cm³/mol. The van der Waals surface area contributed by atoms with E-state index in [0.29, 0.717) is 19.2 Å². The van der Waals surface area contributed by atoms with Gasteiger partial charge < -0.3 is 19.2 Å². The van der Waals surface area contributed by atoms with Gasteiger partial charge in [0, 0.05) is 24.4 Å². The summed E-state index contributed by atoms with van der Waals surface area (Å²) < 4.78 is 11.0. The largest absolute Gasteiger partial charge is 0.490 e. The van der Waals surface area contributed by atoms with Gasteiger partial charge in [-0.2, -0.15) is 0 Å². The van der Waals surface area contributed by atoms with Crippen molar-refractivity contribution in [1.82, 2.24) is 4.90 Å². The summed E-state index contributed by atoms with van der Waals surface area (Å²) in [6.07, 6.45) is 5.54. The highest BCUT2D eigenvalue weighted by Gasteiger charge is 2.46. The van der Waals surface area contributed by atoms with Gasteiger partial charge in [-0.05, 0) is 49.8 Å². The number of likely N-dealkylation sites (tertiary alicyclic amines) is 1. The van der Waals surface area contributed by atoms with E-state index in [2.05, 4.69) is 6.07 Å². The number of ether oxygens (including phenoxy) is 2. The van der Waals surface area contributed by atoms with Crippen LogP contribution in [0.1, 0.15) is 49.7 Å². The van der Waals surface area contributed by atoms with E-state index in [1.807, 2.05) is 26.0 Å². The molecular formula is C20H27NO4. The van der Waals surface area contributed by atoms with Crippen molar-refractivity contribution in [3.05, 3.63) is 29.3 Å². The van der Waals surface area contributed by atoms with Gasteiger partial charge in [-0.1, -0.05) is 19.1 Å². The number of aryl methyl sites for hydroxylation is 1. The third-order valence-corrected chi connectivity index (χ3v) is 5.64. The van der Waals surface area contributed by atoms with Gasteiger partial charge in [0.25, 0.3) is 0 Å². The van der Waals surface area contributed by atoms with Crippen molar-refractivity contribution >= 4 is 12.4 Å². The van der Waals surface area contributed by atoms with Gasteiger partial charge in [0.2, 0.25) is 0 Å². The van der Waals surface area contributed by atoms with Crippen LogP contribution in [0.4, 0.5) is 4.79 Å². The highest BCUT2D eigenvalue weighted by molar-refractivity contribution is 5.72. The molecule has 1 amide bonds. The zero-order valence-corrected chi connectivity index (χ0v) is 15.3. The Hall–Kier alpha value is -2.04. The molecule has 1 aromatic rings. The first kappa shape index (κ1) is 17.8. The Morgan fingerprint density at radius 3 is 2.68 bits per heavy atom. The first-order valence-corrected chi connectivity index (χ1v) is 9.03. The number of rotatable bonds is 4. The summed E-state index contributed by atoms with van der Waals surface area (Å²) in [5.41, 5.74) is 1.53. The summed E-state index contributed by atoms with van der Waals surface area (Å²) in [4.78, 5) is 25.3. The number of hydrogen-bond donors (Lipinski definition) is 0. The van der Waals surface area contributed by atoms with Crippen molar-refractivity contribution in [3.63, 3.8) is 0 Å². The Bertz CT molecular complexity index is 653. The van der Waals surface area contributed by atoms with E-state index in [-0.39, 0.29) is 12.0 Å². The van der Waals surface area contributed by atoms with Gasteiger partial charge in [-0.25, -0.2) is 4.79 Å². The average Bonchev–Trinajstić information content (AvgIpc) is 3.24. The molecule has 25 heavy (non-hydrogen) atoms. The molecule has 136 valence electrons. The summed E-state index contributed by atoms with van der Waals surface area (Å²) in [6, 6.07) is 6.15. The third-order valence-electron chi connectivity index (χ3n) is 5.64. The van der Waals surface area contributed by atoms with Crippen LogP contribution in [0.15, 0.2) is 18.2 Å². The minimum absolute atomic E-state index is 0.0596. The van der Waals surface area contributed by atoms with Crippen molar-refractivity contribution < 1.29 is 19.1 Å². The Kier molecular flexibility index (Phi) is 5.02. The fourth-order valence-corrected chi connectivity index (χ4v) is 4.03. The maximum atomic E-state index is 11.9. The first-order chi connectivity index (χ1) is 12.0. The van der Waals surface area contributed by atoms with Gasteiger partial charge in [0.15, 0.2) is 0 Å². The molecule has 1 unspecified atom stereocenters. The first-order valence-electron chi connectivity index (χ1n) is 9.03. The van der Waals surface area contributed by atoms with Crippen molar-refractivity contribution in [2.24, 2.45) is 5.41 Å². The van der Waals surface area contributed by atoms with Crippen LogP contribution in [0.3, 0.4) is 0 Å². The molecule has 0 bridgehead atoms. The van der Waals surface area contributed by atoms with Crippen molar-refractivity contribution in [2.45, 2.75) is 51.6 Å². The van der Waals surface area contributed by atoms with Crippen molar-refractivity contribution in [2.75, 3.05) is 20.2 Å². The molecule has 1 aliphatic heterocycles. The van der Waals surface area contributed by atoms with Crippen LogP contribution >= 0.6 is 0 Å². The molecule has 2 fully saturated rings. The van der Waals surface area contributed by atoms with E-state index in [4.69, 9.17) is 9.47 Å². The van der Waals surface area contributed by atoms with Gasteiger partial charge in [0.05, 0.1) is 13.2 Å². The second-order valence-corrected chi connectivity index (χ2v) is 7.58. The number of hydrogen-bond acceptors (Lipinski definition) is 4. The van der Waals surface area contributed by atoms with Gasteiger partial charge in [-0.3, -0.25) is 0 Å². The molecule has 1 saturated carbocycles. The smallest absolute Gasteiger partial charge is 0.409 e. The zero-order valence-electron chi connectivity index (χ0n) is 15.3. The number of amides is 1. The summed E-state index contributed by atoms with van der Waals surface area (Å²) >= 11 is 0.